The summed E-state index contributed by atoms with van der Waals surface area (Å²) < 4.78 is 0. The number of halogens is 1. The molecule has 2 N–H and O–H groups in total. The maximum atomic E-state index is 11.4. The van der Waals surface area contributed by atoms with Crippen LogP contribution in [0.2, 0.25) is 5.02 Å². The van der Waals surface area contributed by atoms with Crippen LogP contribution in [0.3, 0.4) is 0 Å². The number of carboxylic acid groups (broad SMARTS) is 1. The lowest BCUT2D eigenvalue weighted by Crippen LogP contribution is -2.37. The maximum absolute atomic E-state index is 11.4. The van der Waals surface area contributed by atoms with Crippen molar-refractivity contribution in [1.82, 2.24) is 0 Å². The number of rotatable bonds is 4. The van der Waals surface area contributed by atoms with Crippen LogP contribution >= 0.6 is 11.6 Å². The van der Waals surface area contributed by atoms with Crippen molar-refractivity contribution in [2.24, 2.45) is 5.92 Å². The van der Waals surface area contributed by atoms with Crippen molar-refractivity contribution in [2.45, 2.75) is 38.1 Å². The van der Waals surface area contributed by atoms with E-state index < -0.39 is 12.0 Å². The molecule has 0 saturated heterocycles. The molecule has 3 nitrogen and oxygen atoms in total. The Morgan fingerprint density at radius 1 is 1.22 bits per heavy atom. The quantitative estimate of drug-likeness (QED) is 0.873. The molecule has 1 saturated carbocycles. The van der Waals surface area contributed by atoms with E-state index in [0.29, 0.717) is 5.02 Å². The SMILES string of the molecule is O=C(O)C(Nc1ccc(Cl)cc1)C1CCCCC1. The molecule has 1 unspecified atom stereocenters. The molecule has 1 aromatic rings. The summed E-state index contributed by atoms with van der Waals surface area (Å²) in [6, 6.07) is 6.68. The molecule has 0 spiro atoms. The van der Waals surface area contributed by atoms with E-state index in [1.54, 1.807) is 12.1 Å². The monoisotopic (exact) mass is 267 g/mol. The van der Waals surface area contributed by atoms with Gasteiger partial charge in [-0.1, -0.05) is 30.9 Å². The van der Waals surface area contributed by atoms with Crippen molar-refractivity contribution >= 4 is 23.3 Å². The van der Waals surface area contributed by atoms with Crippen molar-refractivity contribution in [3.8, 4) is 0 Å². The lowest BCUT2D eigenvalue weighted by molar-refractivity contribution is -0.139. The van der Waals surface area contributed by atoms with Crippen LogP contribution in [0.5, 0.6) is 0 Å². The molecule has 98 valence electrons. The number of carbonyl (C=O) groups is 1. The summed E-state index contributed by atoms with van der Waals surface area (Å²) in [6.45, 7) is 0. The third kappa shape index (κ3) is 3.39. The van der Waals surface area contributed by atoms with Gasteiger partial charge in [-0.2, -0.15) is 0 Å². The van der Waals surface area contributed by atoms with Crippen LogP contribution in [-0.4, -0.2) is 17.1 Å². The Kier molecular flexibility index (Phi) is 4.48. The molecule has 0 radical (unpaired) electrons. The first-order chi connectivity index (χ1) is 8.66. The zero-order chi connectivity index (χ0) is 13.0. The molecule has 0 aliphatic heterocycles. The summed E-state index contributed by atoms with van der Waals surface area (Å²) in [7, 11) is 0. The minimum absolute atomic E-state index is 0.229. The molecule has 1 fully saturated rings. The van der Waals surface area contributed by atoms with Crippen LogP contribution in [0.15, 0.2) is 24.3 Å². The molecular weight excluding hydrogens is 250 g/mol. The Balaban J connectivity index is 2.05. The van der Waals surface area contributed by atoms with Gasteiger partial charge in [0, 0.05) is 10.7 Å². The van der Waals surface area contributed by atoms with Crippen LogP contribution in [0.25, 0.3) is 0 Å². The average molecular weight is 268 g/mol. The van der Waals surface area contributed by atoms with Gasteiger partial charge in [-0.25, -0.2) is 4.79 Å². The van der Waals surface area contributed by atoms with Gasteiger partial charge in [0.05, 0.1) is 0 Å². The van der Waals surface area contributed by atoms with Gasteiger partial charge in [-0.15, -0.1) is 0 Å². The highest BCUT2D eigenvalue weighted by Crippen LogP contribution is 2.28. The highest BCUT2D eigenvalue weighted by Gasteiger charge is 2.29. The Bertz CT molecular complexity index is 399. The number of hydrogen-bond acceptors (Lipinski definition) is 2. The Morgan fingerprint density at radius 3 is 2.39 bits per heavy atom. The number of carboxylic acids is 1. The number of nitrogens with one attached hydrogen (secondary N) is 1. The molecule has 1 aromatic carbocycles. The Morgan fingerprint density at radius 2 is 1.83 bits per heavy atom. The molecule has 0 aromatic heterocycles. The molecule has 4 heteroatoms. The topological polar surface area (TPSA) is 49.3 Å². The fraction of sp³-hybridized carbons (Fsp3) is 0.500. The smallest absolute Gasteiger partial charge is 0.326 e. The Hall–Kier alpha value is -1.22. The second kappa shape index (κ2) is 6.10. The highest BCUT2D eigenvalue weighted by atomic mass is 35.5. The fourth-order valence-corrected chi connectivity index (χ4v) is 2.70. The van der Waals surface area contributed by atoms with Crippen molar-refractivity contribution in [1.29, 1.82) is 0 Å². The first-order valence-corrected chi connectivity index (χ1v) is 6.79. The van der Waals surface area contributed by atoms with Crippen molar-refractivity contribution in [3.63, 3.8) is 0 Å². The van der Waals surface area contributed by atoms with E-state index in [0.717, 1.165) is 31.4 Å². The van der Waals surface area contributed by atoms with Gasteiger partial charge < -0.3 is 10.4 Å². The van der Waals surface area contributed by atoms with Gasteiger partial charge in [0.15, 0.2) is 0 Å². The molecule has 0 bridgehead atoms. The van der Waals surface area contributed by atoms with Crippen molar-refractivity contribution < 1.29 is 9.90 Å². The van der Waals surface area contributed by atoms with Gasteiger partial charge in [0.2, 0.25) is 0 Å². The number of anilines is 1. The third-order valence-electron chi connectivity index (χ3n) is 3.55. The molecule has 1 atom stereocenters. The average Bonchev–Trinajstić information content (AvgIpc) is 2.38. The normalized spacial score (nSPS) is 18.3. The zero-order valence-corrected chi connectivity index (χ0v) is 11.0. The summed E-state index contributed by atoms with van der Waals surface area (Å²) in [5.74, 6) is -0.538. The summed E-state index contributed by atoms with van der Waals surface area (Å²) in [4.78, 5) is 11.4. The lowest BCUT2D eigenvalue weighted by atomic mass is 9.84. The van der Waals surface area contributed by atoms with Crippen molar-refractivity contribution in [2.75, 3.05) is 5.32 Å². The summed E-state index contributed by atoms with van der Waals surface area (Å²) in [6.07, 6.45) is 5.49. The molecule has 0 heterocycles. The van der Waals surface area contributed by atoms with Crippen LogP contribution in [-0.2, 0) is 4.79 Å². The fourth-order valence-electron chi connectivity index (χ4n) is 2.57. The highest BCUT2D eigenvalue weighted by molar-refractivity contribution is 6.30. The van der Waals surface area contributed by atoms with Crippen LogP contribution in [0.4, 0.5) is 5.69 Å². The molecule has 1 aliphatic carbocycles. The first kappa shape index (κ1) is 13.2. The van der Waals surface area contributed by atoms with Crippen LogP contribution in [0.1, 0.15) is 32.1 Å². The third-order valence-corrected chi connectivity index (χ3v) is 3.81. The van der Waals surface area contributed by atoms with Crippen LogP contribution < -0.4 is 5.32 Å². The van der Waals surface area contributed by atoms with Gasteiger partial charge in [-0.05, 0) is 43.0 Å². The summed E-state index contributed by atoms with van der Waals surface area (Å²) in [5.41, 5.74) is 0.817. The summed E-state index contributed by atoms with van der Waals surface area (Å²) in [5, 5.41) is 13.1. The second-order valence-corrected chi connectivity index (χ2v) is 5.30. The molecule has 2 rings (SSSR count). The van der Waals surface area contributed by atoms with Gasteiger partial charge >= 0.3 is 5.97 Å². The van der Waals surface area contributed by atoms with E-state index in [4.69, 9.17) is 11.6 Å². The standard InChI is InChI=1S/C14H18ClNO2/c15-11-6-8-12(9-7-11)16-13(14(17)18)10-4-2-1-3-5-10/h6-10,13,16H,1-5H2,(H,17,18). The van der Waals surface area contributed by atoms with E-state index in [-0.39, 0.29) is 5.92 Å². The predicted molar refractivity (Wildman–Crippen MR) is 73.1 cm³/mol. The maximum Gasteiger partial charge on any atom is 0.326 e. The first-order valence-electron chi connectivity index (χ1n) is 6.42. The molecule has 0 amide bonds. The van der Waals surface area contributed by atoms with Gasteiger partial charge in [0.25, 0.3) is 0 Å². The lowest BCUT2D eigenvalue weighted by Gasteiger charge is -2.28. The zero-order valence-electron chi connectivity index (χ0n) is 10.2. The molecule has 1 aliphatic rings. The van der Waals surface area contributed by atoms with E-state index in [1.807, 2.05) is 12.1 Å². The number of benzene rings is 1. The van der Waals surface area contributed by atoms with Gasteiger partial charge in [-0.3, -0.25) is 0 Å². The van der Waals surface area contributed by atoms with E-state index in [1.165, 1.54) is 6.42 Å². The minimum Gasteiger partial charge on any atom is -0.480 e. The molecular formula is C14H18ClNO2. The van der Waals surface area contributed by atoms with E-state index >= 15 is 0 Å². The largest absolute Gasteiger partial charge is 0.480 e. The second-order valence-electron chi connectivity index (χ2n) is 4.87. The Labute approximate surface area is 112 Å². The van der Waals surface area contributed by atoms with Gasteiger partial charge in [0.1, 0.15) is 6.04 Å². The minimum atomic E-state index is -0.767. The van der Waals surface area contributed by atoms with E-state index in [2.05, 4.69) is 5.32 Å². The number of aliphatic carboxylic acids is 1. The number of hydrogen-bond donors (Lipinski definition) is 2. The van der Waals surface area contributed by atoms with Crippen LogP contribution in [0, 0.1) is 5.92 Å². The van der Waals surface area contributed by atoms with E-state index in [9.17, 15) is 9.90 Å². The van der Waals surface area contributed by atoms with Crippen molar-refractivity contribution in [3.05, 3.63) is 29.3 Å². The molecule has 18 heavy (non-hydrogen) atoms. The summed E-state index contributed by atoms with van der Waals surface area (Å²) >= 11 is 5.82. The predicted octanol–water partition coefficient (Wildman–Crippen LogP) is 3.79.